The average Bonchev–Trinajstić information content (AvgIpc) is 2.90. The van der Waals surface area contributed by atoms with Crippen LogP contribution in [-0.4, -0.2) is 11.9 Å². The van der Waals surface area contributed by atoms with Gasteiger partial charge in [-0.15, -0.1) is 0 Å². The molecule has 0 amide bonds. The summed E-state index contributed by atoms with van der Waals surface area (Å²) in [6.45, 7) is 2.05. The lowest BCUT2D eigenvalue weighted by Crippen LogP contribution is -2.31. The highest BCUT2D eigenvalue weighted by molar-refractivity contribution is 5.96. The van der Waals surface area contributed by atoms with Crippen LogP contribution >= 0.6 is 0 Å². The van der Waals surface area contributed by atoms with Crippen molar-refractivity contribution >= 4 is 5.84 Å². The molecular weight excluding hydrogens is 178 g/mol. The van der Waals surface area contributed by atoms with Gasteiger partial charge in [0.15, 0.2) is 11.6 Å². The molecule has 14 heavy (non-hydrogen) atoms. The minimum Gasteiger partial charge on any atom is -0.458 e. The first kappa shape index (κ1) is 9.27. The van der Waals surface area contributed by atoms with Gasteiger partial charge in [-0.05, 0) is 25.0 Å². The molecule has 0 saturated heterocycles. The predicted molar refractivity (Wildman–Crippen MR) is 55.0 cm³/mol. The Hall–Kier alpha value is -1.29. The maximum Gasteiger partial charge on any atom is 0.179 e. The summed E-state index contributed by atoms with van der Waals surface area (Å²) in [5, 5.41) is 0. The van der Waals surface area contributed by atoms with Crippen LogP contribution in [0.25, 0.3) is 0 Å². The van der Waals surface area contributed by atoms with E-state index in [1.165, 1.54) is 0 Å². The molecule has 0 aliphatic heterocycles. The van der Waals surface area contributed by atoms with Crippen LogP contribution in [0.5, 0.6) is 0 Å². The Balaban J connectivity index is 2.17. The van der Waals surface area contributed by atoms with Gasteiger partial charge in [-0.1, -0.05) is 6.92 Å². The van der Waals surface area contributed by atoms with Crippen LogP contribution in [0.2, 0.25) is 0 Å². The second kappa shape index (κ2) is 3.84. The molecule has 1 aliphatic rings. The summed E-state index contributed by atoms with van der Waals surface area (Å²) in [7, 11) is 0. The molecule has 0 radical (unpaired) electrons. The monoisotopic (exact) mass is 193 g/mol. The minimum atomic E-state index is 0.441. The maximum atomic E-state index is 5.54. The first-order valence-electron chi connectivity index (χ1n) is 4.97. The molecule has 1 aliphatic carbocycles. The van der Waals surface area contributed by atoms with Crippen molar-refractivity contribution in [1.29, 1.82) is 0 Å². The van der Waals surface area contributed by atoms with E-state index in [1.807, 2.05) is 12.1 Å². The molecule has 0 atom stereocenters. The molecule has 4 nitrogen and oxygen atoms in total. The van der Waals surface area contributed by atoms with Gasteiger partial charge in [-0.25, -0.2) is 5.84 Å². The first-order valence-corrected chi connectivity index (χ1v) is 4.97. The number of hydrazine groups is 1. The van der Waals surface area contributed by atoms with Crippen molar-refractivity contribution in [1.82, 2.24) is 5.43 Å². The SMILES string of the molecule is CCc1ccc(C(=NC2CC2)NN)o1. The van der Waals surface area contributed by atoms with Crippen molar-refractivity contribution in [3.8, 4) is 0 Å². The van der Waals surface area contributed by atoms with E-state index in [1.54, 1.807) is 0 Å². The summed E-state index contributed by atoms with van der Waals surface area (Å²) in [6.07, 6.45) is 3.21. The van der Waals surface area contributed by atoms with Crippen molar-refractivity contribution in [2.75, 3.05) is 0 Å². The van der Waals surface area contributed by atoms with Gasteiger partial charge in [0.25, 0.3) is 0 Å². The lowest BCUT2D eigenvalue weighted by Gasteiger charge is -2.01. The Bertz CT molecular complexity index is 339. The number of amidine groups is 1. The molecule has 1 saturated carbocycles. The van der Waals surface area contributed by atoms with Crippen LogP contribution in [0.1, 0.15) is 31.3 Å². The number of nitrogens with two attached hydrogens (primary N) is 1. The van der Waals surface area contributed by atoms with Crippen LogP contribution in [0.4, 0.5) is 0 Å². The van der Waals surface area contributed by atoms with Crippen molar-refractivity contribution in [3.63, 3.8) is 0 Å². The molecule has 1 fully saturated rings. The summed E-state index contributed by atoms with van der Waals surface area (Å²) < 4.78 is 5.54. The zero-order valence-electron chi connectivity index (χ0n) is 8.29. The molecule has 4 heteroatoms. The Morgan fingerprint density at radius 1 is 1.64 bits per heavy atom. The Labute approximate surface area is 83.2 Å². The van der Waals surface area contributed by atoms with E-state index in [2.05, 4.69) is 17.3 Å². The third kappa shape index (κ3) is 1.96. The Morgan fingerprint density at radius 3 is 2.93 bits per heavy atom. The molecule has 0 spiro atoms. The fourth-order valence-electron chi connectivity index (χ4n) is 1.25. The van der Waals surface area contributed by atoms with E-state index in [0.717, 1.165) is 30.8 Å². The number of aryl methyl sites for hydroxylation is 1. The zero-order valence-corrected chi connectivity index (χ0v) is 8.29. The molecule has 1 heterocycles. The number of nitrogens with zero attached hydrogens (tertiary/aromatic N) is 1. The van der Waals surface area contributed by atoms with Gasteiger partial charge in [0.1, 0.15) is 5.76 Å². The van der Waals surface area contributed by atoms with Gasteiger partial charge in [0.05, 0.1) is 6.04 Å². The predicted octanol–water partition coefficient (Wildman–Crippen LogP) is 1.21. The minimum absolute atomic E-state index is 0.441. The van der Waals surface area contributed by atoms with Crippen LogP contribution < -0.4 is 11.3 Å². The van der Waals surface area contributed by atoms with E-state index in [-0.39, 0.29) is 0 Å². The van der Waals surface area contributed by atoms with Gasteiger partial charge in [-0.2, -0.15) is 0 Å². The highest BCUT2D eigenvalue weighted by Crippen LogP contribution is 2.24. The summed E-state index contributed by atoms with van der Waals surface area (Å²) in [6, 6.07) is 4.30. The van der Waals surface area contributed by atoms with Gasteiger partial charge >= 0.3 is 0 Å². The lowest BCUT2D eigenvalue weighted by molar-refractivity contribution is 0.505. The molecule has 0 bridgehead atoms. The van der Waals surface area contributed by atoms with Crippen LogP contribution in [0.15, 0.2) is 21.5 Å². The topological polar surface area (TPSA) is 63.5 Å². The molecular formula is C10H15N3O. The quantitative estimate of drug-likeness (QED) is 0.328. The van der Waals surface area contributed by atoms with E-state index in [4.69, 9.17) is 10.3 Å². The highest BCUT2D eigenvalue weighted by atomic mass is 16.3. The van der Waals surface area contributed by atoms with Crippen LogP contribution in [0.3, 0.4) is 0 Å². The van der Waals surface area contributed by atoms with Crippen LogP contribution in [-0.2, 0) is 6.42 Å². The van der Waals surface area contributed by atoms with E-state index >= 15 is 0 Å². The normalized spacial score (nSPS) is 17.1. The number of furan rings is 1. The first-order chi connectivity index (χ1) is 6.83. The number of aliphatic imine (C=N–C) groups is 1. The van der Waals surface area contributed by atoms with Crippen molar-refractivity contribution < 1.29 is 4.42 Å². The smallest absolute Gasteiger partial charge is 0.179 e. The molecule has 1 aromatic heterocycles. The summed E-state index contributed by atoms with van der Waals surface area (Å²) in [4.78, 5) is 4.41. The van der Waals surface area contributed by atoms with E-state index < -0.39 is 0 Å². The van der Waals surface area contributed by atoms with E-state index in [0.29, 0.717) is 11.9 Å². The molecule has 2 rings (SSSR count). The molecule has 76 valence electrons. The van der Waals surface area contributed by atoms with E-state index in [9.17, 15) is 0 Å². The summed E-state index contributed by atoms with van der Waals surface area (Å²) in [5.41, 5.74) is 2.58. The molecule has 1 aromatic rings. The number of nitrogens with one attached hydrogen (secondary N) is 1. The van der Waals surface area contributed by atoms with Crippen molar-refractivity contribution in [2.45, 2.75) is 32.2 Å². The highest BCUT2D eigenvalue weighted by Gasteiger charge is 2.22. The lowest BCUT2D eigenvalue weighted by atomic mass is 10.3. The molecule has 0 aromatic carbocycles. The van der Waals surface area contributed by atoms with Crippen molar-refractivity contribution in [2.24, 2.45) is 10.8 Å². The average molecular weight is 193 g/mol. The third-order valence-corrected chi connectivity index (χ3v) is 2.24. The Kier molecular flexibility index (Phi) is 2.54. The second-order valence-corrected chi connectivity index (χ2v) is 3.47. The zero-order chi connectivity index (χ0) is 9.97. The van der Waals surface area contributed by atoms with Gasteiger partial charge in [0.2, 0.25) is 0 Å². The number of hydrogen-bond acceptors (Lipinski definition) is 3. The standard InChI is InChI=1S/C10H15N3O/c1-2-8-5-6-9(14-8)10(13-11)12-7-3-4-7/h5-7H,2-4,11H2,1H3,(H,12,13). The van der Waals surface area contributed by atoms with Crippen molar-refractivity contribution in [3.05, 3.63) is 23.7 Å². The second-order valence-electron chi connectivity index (χ2n) is 3.47. The van der Waals surface area contributed by atoms with Crippen LogP contribution in [0, 0.1) is 0 Å². The largest absolute Gasteiger partial charge is 0.458 e. The third-order valence-electron chi connectivity index (χ3n) is 2.24. The number of hydrogen-bond donors (Lipinski definition) is 2. The fraction of sp³-hybridized carbons (Fsp3) is 0.500. The maximum absolute atomic E-state index is 5.54. The summed E-state index contributed by atoms with van der Waals surface area (Å²) in [5.74, 6) is 7.74. The molecule has 3 N–H and O–H groups in total. The number of rotatable bonds is 3. The molecule has 0 unspecified atom stereocenters. The Morgan fingerprint density at radius 2 is 2.43 bits per heavy atom. The van der Waals surface area contributed by atoms with Gasteiger partial charge < -0.3 is 9.84 Å². The van der Waals surface area contributed by atoms with Gasteiger partial charge in [0, 0.05) is 6.42 Å². The van der Waals surface area contributed by atoms with Gasteiger partial charge in [-0.3, -0.25) is 4.99 Å². The fourth-order valence-corrected chi connectivity index (χ4v) is 1.25. The summed E-state index contributed by atoms with van der Waals surface area (Å²) >= 11 is 0.